The van der Waals surface area contributed by atoms with Crippen molar-refractivity contribution in [3.63, 3.8) is 0 Å². The van der Waals surface area contributed by atoms with Crippen LogP contribution in [0, 0.1) is 0 Å². The number of nitrogens with one attached hydrogen (secondary N) is 2. The number of anilines is 1. The van der Waals surface area contributed by atoms with Crippen molar-refractivity contribution in [3.05, 3.63) is 76.8 Å². The lowest BCUT2D eigenvalue weighted by Crippen LogP contribution is -2.49. The SMILES string of the molecule is COC(=O)c1csc(NC(=O)[C@H](Cc2ccccc2)N2C(=O)NC(c3cccc(OC)c3)C2=O)n1. The van der Waals surface area contributed by atoms with Gasteiger partial charge in [-0.25, -0.2) is 19.5 Å². The summed E-state index contributed by atoms with van der Waals surface area (Å²) >= 11 is 1.03. The van der Waals surface area contributed by atoms with Crippen LogP contribution < -0.4 is 15.4 Å². The maximum absolute atomic E-state index is 13.4. The van der Waals surface area contributed by atoms with E-state index in [2.05, 4.69) is 20.4 Å². The molecule has 1 aromatic heterocycles. The second-order valence-corrected chi connectivity index (χ2v) is 8.45. The van der Waals surface area contributed by atoms with Crippen molar-refractivity contribution in [2.45, 2.75) is 18.5 Å². The number of carbonyl (C=O) groups is 4. The molecule has 2 heterocycles. The first-order valence-corrected chi connectivity index (χ1v) is 11.5. The van der Waals surface area contributed by atoms with Crippen LogP contribution in [0.2, 0.25) is 0 Å². The number of urea groups is 1. The van der Waals surface area contributed by atoms with E-state index in [1.54, 1.807) is 48.5 Å². The number of methoxy groups -OCH3 is 2. The Hall–Kier alpha value is -4.25. The summed E-state index contributed by atoms with van der Waals surface area (Å²) in [6.07, 6.45) is 0.0892. The van der Waals surface area contributed by atoms with Crippen LogP contribution in [-0.4, -0.2) is 54.0 Å². The van der Waals surface area contributed by atoms with Crippen LogP contribution in [0.25, 0.3) is 0 Å². The van der Waals surface area contributed by atoms with Crippen molar-refractivity contribution < 1.29 is 28.7 Å². The number of rotatable bonds is 8. The molecule has 0 bridgehead atoms. The predicted molar refractivity (Wildman–Crippen MR) is 127 cm³/mol. The van der Waals surface area contributed by atoms with Gasteiger partial charge in [0.05, 0.1) is 14.2 Å². The van der Waals surface area contributed by atoms with Gasteiger partial charge in [-0.2, -0.15) is 0 Å². The van der Waals surface area contributed by atoms with Gasteiger partial charge in [-0.1, -0.05) is 42.5 Å². The fourth-order valence-corrected chi connectivity index (χ4v) is 4.38. The quantitative estimate of drug-likeness (QED) is 0.364. The van der Waals surface area contributed by atoms with Crippen LogP contribution in [0.4, 0.5) is 9.93 Å². The summed E-state index contributed by atoms with van der Waals surface area (Å²) < 4.78 is 9.86. The minimum absolute atomic E-state index is 0.0421. The molecule has 0 aliphatic carbocycles. The number of benzene rings is 2. The molecule has 4 amide bonds. The molecule has 1 aliphatic rings. The van der Waals surface area contributed by atoms with E-state index in [0.29, 0.717) is 11.3 Å². The van der Waals surface area contributed by atoms with Crippen LogP contribution in [0.15, 0.2) is 60.0 Å². The second kappa shape index (κ2) is 10.3. The highest BCUT2D eigenvalue weighted by atomic mass is 32.1. The number of carbonyl (C=O) groups excluding carboxylic acids is 4. The standard InChI is InChI=1S/C24H22N4O6S/c1-33-16-10-6-9-15(12-16)19-21(30)28(24(32)26-19)18(11-14-7-4-3-5-8-14)20(29)27-23-25-17(13-35-23)22(31)34-2/h3-10,12-13,18-19H,11H2,1-2H3,(H,26,32)(H,25,27,29)/t18-,19?/m0/s1. The fourth-order valence-electron chi connectivity index (χ4n) is 3.69. The zero-order chi connectivity index (χ0) is 24.9. The molecule has 35 heavy (non-hydrogen) atoms. The molecule has 1 aliphatic heterocycles. The first kappa shape index (κ1) is 23.9. The number of thiazole rings is 1. The summed E-state index contributed by atoms with van der Waals surface area (Å²) in [7, 11) is 2.73. The largest absolute Gasteiger partial charge is 0.497 e. The van der Waals surface area contributed by atoms with Gasteiger partial charge in [0.15, 0.2) is 10.8 Å². The molecule has 0 radical (unpaired) electrons. The summed E-state index contributed by atoms with van der Waals surface area (Å²) in [5, 5.41) is 6.87. The van der Waals surface area contributed by atoms with Crippen molar-refractivity contribution in [3.8, 4) is 5.75 Å². The molecule has 1 unspecified atom stereocenters. The van der Waals surface area contributed by atoms with E-state index in [4.69, 9.17) is 4.74 Å². The molecule has 10 nitrogen and oxygen atoms in total. The predicted octanol–water partition coefficient (Wildman–Crippen LogP) is 2.78. The number of hydrogen-bond acceptors (Lipinski definition) is 8. The van der Waals surface area contributed by atoms with Crippen molar-refractivity contribution in [2.24, 2.45) is 0 Å². The number of imide groups is 1. The molecule has 0 spiro atoms. The summed E-state index contributed by atoms with van der Waals surface area (Å²) in [5.41, 5.74) is 1.33. The number of ether oxygens (including phenoxy) is 2. The molecule has 1 saturated heterocycles. The highest BCUT2D eigenvalue weighted by Crippen LogP contribution is 2.28. The van der Waals surface area contributed by atoms with Gasteiger partial charge in [0.1, 0.15) is 17.8 Å². The highest BCUT2D eigenvalue weighted by Gasteiger charge is 2.45. The molecular formula is C24H22N4O6S. The lowest BCUT2D eigenvalue weighted by atomic mass is 10.0. The van der Waals surface area contributed by atoms with Gasteiger partial charge < -0.3 is 20.1 Å². The van der Waals surface area contributed by atoms with Gasteiger partial charge in [-0.15, -0.1) is 11.3 Å². The minimum Gasteiger partial charge on any atom is -0.497 e. The van der Waals surface area contributed by atoms with Crippen molar-refractivity contribution >= 4 is 40.3 Å². The zero-order valence-corrected chi connectivity index (χ0v) is 19.7. The topological polar surface area (TPSA) is 127 Å². The van der Waals surface area contributed by atoms with Crippen LogP contribution in [0.3, 0.4) is 0 Å². The maximum Gasteiger partial charge on any atom is 0.357 e. The minimum atomic E-state index is -1.16. The average molecular weight is 495 g/mol. The van der Waals surface area contributed by atoms with E-state index in [-0.39, 0.29) is 17.2 Å². The Morgan fingerprint density at radius 3 is 2.63 bits per heavy atom. The normalized spacial score (nSPS) is 15.9. The molecule has 2 aromatic carbocycles. The number of hydrogen-bond donors (Lipinski definition) is 2. The van der Waals surface area contributed by atoms with Gasteiger partial charge in [0, 0.05) is 11.8 Å². The molecule has 1 fully saturated rings. The van der Waals surface area contributed by atoms with E-state index in [0.717, 1.165) is 21.8 Å². The van der Waals surface area contributed by atoms with E-state index in [1.807, 2.05) is 6.07 Å². The van der Waals surface area contributed by atoms with Crippen LogP contribution in [0.1, 0.15) is 27.7 Å². The average Bonchev–Trinajstić information content (AvgIpc) is 3.46. The van der Waals surface area contributed by atoms with Crippen LogP contribution in [-0.2, 0) is 20.7 Å². The Balaban J connectivity index is 1.62. The van der Waals surface area contributed by atoms with Gasteiger partial charge in [-0.05, 0) is 23.3 Å². The Kier molecular flexibility index (Phi) is 7.06. The fraction of sp³-hybridized carbons (Fsp3) is 0.208. The number of esters is 1. The smallest absolute Gasteiger partial charge is 0.357 e. The zero-order valence-electron chi connectivity index (χ0n) is 18.9. The number of amides is 4. The lowest BCUT2D eigenvalue weighted by Gasteiger charge is -2.24. The molecule has 11 heteroatoms. The monoisotopic (exact) mass is 494 g/mol. The van der Waals surface area contributed by atoms with Crippen molar-refractivity contribution in [2.75, 3.05) is 19.5 Å². The Morgan fingerprint density at radius 2 is 1.91 bits per heavy atom. The third-order valence-electron chi connectivity index (χ3n) is 5.41. The van der Waals surface area contributed by atoms with Gasteiger partial charge >= 0.3 is 12.0 Å². The van der Waals surface area contributed by atoms with E-state index in [1.165, 1.54) is 19.6 Å². The second-order valence-electron chi connectivity index (χ2n) is 7.59. The highest BCUT2D eigenvalue weighted by molar-refractivity contribution is 7.14. The Morgan fingerprint density at radius 1 is 1.14 bits per heavy atom. The van der Waals surface area contributed by atoms with E-state index in [9.17, 15) is 19.2 Å². The molecule has 2 atom stereocenters. The Bertz CT molecular complexity index is 1260. The van der Waals surface area contributed by atoms with Crippen LogP contribution >= 0.6 is 11.3 Å². The van der Waals surface area contributed by atoms with Crippen molar-refractivity contribution in [1.82, 2.24) is 15.2 Å². The van der Waals surface area contributed by atoms with Gasteiger partial charge in [-0.3, -0.25) is 9.59 Å². The van der Waals surface area contributed by atoms with Gasteiger partial charge in [0.2, 0.25) is 5.91 Å². The maximum atomic E-state index is 13.4. The molecule has 2 N–H and O–H groups in total. The molecule has 3 aromatic rings. The summed E-state index contributed by atoms with van der Waals surface area (Å²) in [4.78, 5) is 56.3. The molecular weight excluding hydrogens is 472 g/mol. The first-order chi connectivity index (χ1) is 16.9. The van der Waals surface area contributed by atoms with Crippen molar-refractivity contribution in [1.29, 1.82) is 0 Å². The van der Waals surface area contributed by atoms with Gasteiger partial charge in [0.25, 0.3) is 5.91 Å². The van der Waals surface area contributed by atoms with E-state index >= 15 is 0 Å². The number of aromatic nitrogens is 1. The lowest BCUT2D eigenvalue weighted by molar-refractivity contribution is -0.134. The molecule has 4 rings (SSSR count). The van der Waals surface area contributed by atoms with Crippen LogP contribution in [0.5, 0.6) is 5.75 Å². The first-order valence-electron chi connectivity index (χ1n) is 10.6. The molecule has 0 saturated carbocycles. The summed E-state index contributed by atoms with van der Waals surface area (Å²) in [6, 6.07) is 13.0. The number of nitrogens with zero attached hydrogens (tertiary/aromatic N) is 2. The molecule has 180 valence electrons. The summed E-state index contributed by atoms with van der Waals surface area (Å²) in [6.45, 7) is 0. The third-order valence-corrected chi connectivity index (χ3v) is 6.17. The Labute approximate surface area is 204 Å². The third kappa shape index (κ3) is 5.14. The summed E-state index contributed by atoms with van der Waals surface area (Å²) in [5.74, 6) is -1.28. The van der Waals surface area contributed by atoms with E-state index < -0.39 is 35.9 Å².